The van der Waals surface area contributed by atoms with Gasteiger partial charge in [-0.1, -0.05) is 12.1 Å². The highest BCUT2D eigenvalue weighted by atomic mass is 32.2. The lowest BCUT2D eigenvalue weighted by molar-refractivity contribution is 0.199. The van der Waals surface area contributed by atoms with Crippen molar-refractivity contribution in [2.75, 3.05) is 4.72 Å². The van der Waals surface area contributed by atoms with E-state index in [2.05, 4.69) is 4.72 Å². The van der Waals surface area contributed by atoms with Crippen molar-refractivity contribution in [3.8, 4) is 0 Å². The summed E-state index contributed by atoms with van der Waals surface area (Å²) in [4.78, 5) is -0.385. The van der Waals surface area contributed by atoms with E-state index in [1.165, 1.54) is 12.1 Å². The van der Waals surface area contributed by atoms with Crippen LogP contribution in [0.3, 0.4) is 0 Å². The van der Waals surface area contributed by atoms with Crippen molar-refractivity contribution in [3.05, 3.63) is 59.7 Å². The Balaban J connectivity index is 2.33. The number of hydrogen-bond acceptors (Lipinski definition) is 3. The predicted octanol–water partition coefficient (Wildman–Crippen LogP) is 2.82. The number of rotatable bonds is 4. The molecule has 0 bridgehead atoms. The molecule has 2 N–H and O–H groups in total. The van der Waals surface area contributed by atoms with E-state index in [9.17, 15) is 22.3 Å². The third-order valence-corrected chi connectivity index (χ3v) is 4.20. The molecule has 2 rings (SSSR count). The van der Waals surface area contributed by atoms with Gasteiger partial charge in [-0.25, -0.2) is 17.2 Å². The Morgan fingerprint density at radius 2 is 1.81 bits per heavy atom. The van der Waals surface area contributed by atoms with Gasteiger partial charge >= 0.3 is 0 Å². The quantitative estimate of drug-likeness (QED) is 0.912. The maximum Gasteiger partial charge on any atom is 0.261 e. The lowest BCUT2D eigenvalue weighted by atomic mass is 10.1. The van der Waals surface area contributed by atoms with Gasteiger partial charge in [-0.05, 0) is 42.8 Å². The van der Waals surface area contributed by atoms with Crippen molar-refractivity contribution in [2.45, 2.75) is 17.9 Å². The number of benzene rings is 2. The summed E-state index contributed by atoms with van der Waals surface area (Å²) in [6, 6.07) is 8.49. The Kier molecular flexibility index (Phi) is 4.24. The van der Waals surface area contributed by atoms with Gasteiger partial charge in [0.15, 0.2) is 11.6 Å². The first-order valence-corrected chi connectivity index (χ1v) is 7.54. The Bertz CT molecular complexity index is 761. The lowest BCUT2D eigenvalue weighted by Gasteiger charge is -2.11. The predicted molar refractivity (Wildman–Crippen MR) is 74.2 cm³/mol. The minimum absolute atomic E-state index is 0.220. The first-order valence-electron chi connectivity index (χ1n) is 6.05. The Hall–Kier alpha value is -1.99. The highest BCUT2D eigenvalue weighted by Crippen LogP contribution is 2.21. The van der Waals surface area contributed by atoms with Gasteiger partial charge in [-0.15, -0.1) is 0 Å². The van der Waals surface area contributed by atoms with E-state index in [0.29, 0.717) is 11.6 Å². The molecular weight excluding hydrogens is 300 g/mol. The summed E-state index contributed by atoms with van der Waals surface area (Å²) in [5.74, 6) is -2.36. The molecule has 0 aliphatic heterocycles. The minimum Gasteiger partial charge on any atom is -0.389 e. The summed E-state index contributed by atoms with van der Waals surface area (Å²) in [6.07, 6.45) is -0.752. The number of aliphatic hydroxyl groups excluding tert-OH is 1. The van der Waals surface area contributed by atoms with Gasteiger partial charge in [-0.2, -0.15) is 0 Å². The number of halogens is 2. The fourth-order valence-corrected chi connectivity index (χ4v) is 2.78. The molecule has 0 spiro atoms. The van der Waals surface area contributed by atoms with Gasteiger partial charge in [0.25, 0.3) is 10.0 Å². The Morgan fingerprint density at radius 3 is 2.43 bits per heavy atom. The second-order valence-electron chi connectivity index (χ2n) is 4.48. The van der Waals surface area contributed by atoms with Gasteiger partial charge in [0, 0.05) is 5.69 Å². The maximum atomic E-state index is 13.1. The van der Waals surface area contributed by atoms with Crippen molar-refractivity contribution in [3.63, 3.8) is 0 Å². The van der Waals surface area contributed by atoms with Crippen molar-refractivity contribution < 1.29 is 22.3 Å². The molecule has 0 fully saturated rings. The van der Waals surface area contributed by atoms with E-state index in [1.54, 1.807) is 19.1 Å². The summed E-state index contributed by atoms with van der Waals surface area (Å²) in [5.41, 5.74) is 0.749. The molecule has 2 aromatic carbocycles. The van der Waals surface area contributed by atoms with Crippen molar-refractivity contribution in [2.24, 2.45) is 0 Å². The highest BCUT2D eigenvalue weighted by Gasteiger charge is 2.17. The second-order valence-corrected chi connectivity index (χ2v) is 6.17. The number of nitrogens with one attached hydrogen (secondary N) is 1. The minimum atomic E-state index is -4.03. The topological polar surface area (TPSA) is 66.4 Å². The van der Waals surface area contributed by atoms with Crippen LogP contribution in [0.15, 0.2) is 47.4 Å². The highest BCUT2D eigenvalue weighted by molar-refractivity contribution is 7.92. The van der Waals surface area contributed by atoms with Crippen LogP contribution in [0.25, 0.3) is 0 Å². The number of anilines is 1. The van der Waals surface area contributed by atoms with E-state index < -0.39 is 27.8 Å². The van der Waals surface area contributed by atoms with Gasteiger partial charge in [0.1, 0.15) is 0 Å². The molecule has 0 heterocycles. The van der Waals surface area contributed by atoms with Crippen LogP contribution in [-0.4, -0.2) is 13.5 Å². The molecule has 1 unspecified atom stereocenters. The van der Waals surface area contributed by atoms with Crippen LogP contribution >= 0.6 is 0 Å². The average Bonchev–Trinajstić information content (AvgIpc) is 2.41. The molecule has 0 aromatic heterocycles. The van der Waals surface area contributed by atoms with Crippen LogP contribution in [0.1, 0.15) is 18.6 Å². The molecule has 21 heavy (non-hydrogen) atoms. The molecule has 112 valence electrons. The van der Waals surface area contributed by atoms with Gasteiger partial charge < -0.3 is 5.11 Å². The summed E-state index contributed by atoms with van der Waals surface area (Å²) in [5, 5.41) is 9.46. The standard InChI is InChI=1S/C14H13F2NO3S/c1-9(18)10-3-2-4-11(7-10)17-21(19,20)12-5-6-13(15)14(16)8-12/h2-9,17-18H,1H3. The Labute approximate surface area is 121 Å². The molecule has 0 aliphatic rings. The summed E-state index contributed by atoms with van der Waals surface area (Å²) in [6.45, 7) is 1.54. The molecule has 1 atom stereocenters. The molecular formula is C14H13F2NO3S. The number of sulfonamides is 1. The van der Waals surface area contributed by atoms with Crippen molar-refractivity contribution in [1.29, 1.82) is 0 Å². The van der Waals surface area contributed by atoms with Crippen LogP contribution in [0.2, 0.25) is 0 Å². The molecule has 0 radical (unpaired) electrons. The van der Waals surface area contributed by atoms with Gasteiger partial charge in [0.2, 0.25) is 0 Å². The first kappa shape index (κ1) is 15.4. The van der Waals surface area contributed by atoms with E-state index >= 15 is 0 Å². The SMILES string of the molecule is CC(O)c1cccc(NS(=O)(=O)c2ccc(F)c(F)c2)c1. The van der Waals surface area contributed by atoms with E-state index in [4.69, 9.17) is 0 Å². The van der Waals surface area contributed by atoms with Crippen molar-refractivity contribution >= 4 is 15.7 Å². The zero-order chi connectivity index (χ0) is 15.6. The van der Waals surface area contributed by atoms with Crippen LogP contribution < -0.4 is 4.72 Å². The molecule has 2 aromatic rings. The van der Waals surface area contributed by atoms with E-state index in [0.717, 1.165) is 12.1 Å². The molecule has 4 nitrogen and oxygen atoms in total. The molecule has 0 saturated carbocycles. The maximum absolute atomic E-state index is 13.1. The van der Waals surface area contributed by atoms with Crippen LogP contribution in [0.4, 0.5) is 14.5 Å². The summed E-state index contributed by atoms with van der Waals surface area (Å²) in [7, 11) is -4.03. The molecule has 7 heteroatoms. The third-order valence-electron chi connectivity index (χ3n) is 2.82. The fourth-order valence-electron chi connectivity index (χ4n) is 1.72. The van der Waals surface area contributed by atoms with E-state index in [-0.39, 0.29) is 10.6 Å². The molecule has 0 amide bonds. The normalized spacial score (nSPS) is 13.0. The van der Waals surface area contributed by atoms with E-state index in [1.807, 2.05) is 0 Å². The monoisotopic (exact) mass is 313 g/mol. The van der Waals surface area contributed by atoms with Crippen molar-refractivity contribution in [1.82, 2.24) is 0 Å². The smallest absolute Gasteiger partial charge is 0.261 e. The summed E-state index contributed by atoms with van der Waals surface area (Å²) < 4.78 is 52.4. The third kappa shape index (κ3) is 3.56. The van der Waals surface area contributed by atoms with Gasteiger partial charge in [-0.3, -0.25) is 4.72 Å². The number of hydrogen-bond donors (Lipinski definition) is 2. The molecule has 0 aliphatic carbocycles. The van der Waals surface area contributed by atoms with Gasteiger partial charge in [0.05, 0.1) is 11.0 Å². The molecule has 0 saturated heterocycles. The van der Waals surface area contributed by atoms with Crippen LogP contribution in [-0.2, 0) is 10.0 Å². The fraction of sp³-hybridized carbons (Fsp3) is 0.143. The zero-order valence-electron chi connectivity index (χ0n) is 11.0. The second kappa shape index (κ2) is 5.79. The summed E-state index contributed by atoms with van der Waals surface area (Å²) >= 11 is 0. The van der Waals surface area contributed by atoms with Crippen LogP contribution in [0.5, 0.6) is 0 Å². The first-order chi connectivity index (χ1) is 9.79. The number of aliphatic hydroxyl groups is 1. The largest absolute Gasteiger partial charge is 0.389 e. The zero-order valence-corrected chi connectivity index (χ0v) is 11.9. The lowest BCUT2D eigenvalue weighted by Crippen LogP contribution is -2.13. The average molecular weight is 313 g/mol. The Morgan fingerprint density at radius 1 is 1.10 bits per heavy atom. The van der Waals surface area contributed by atoms with Crippen LogP contribution in [0, 0.1) is 11.6 Å².